The molecule has 1 N–H and O–H groups in total. The molecule has 0 bridgehead atoms. The van der Waals surface area contributed by atoms with Crippen LogP contribution in [-0.4, -0.2) is 13.2 Å². The summed E-state index contributed by atoms with van der Waals surface area (Å²) in [7, 11) is 0. The van der Waals surface area contributed by atoms with Crippen LogP contribution in [0.1, 0.15) is 24.4 Å². The van der Waals surface area contributed by atoms with E-state index in [0.717, 1.165) is 25.2 Å². The van der Waals surface area contributed by atoms with E-state index in [4.69, 9.17) is 11.2 Å². The summed E-state index contributed by atoms with van der Waals surface area (Å²) in [6, 6.07) is 6.62. The number of hydrogen-bond donors (Lipinski definition) is 1. The average Bonchev–Trinajstić information content (AvgIpc) is 2.48. The number of fused-ring (bicyclic) bond motifs is 1. The molecule has 1 unspecified atom stereocenters. The summed E-state index contributed by atoms with van der Waals surface area (Å²) >= 11 is 2.32. The molecule has 0 saturated heterocycles. The maximum atomic E-state index is 5.72. The Bertz CT molecular complexity index is 411. The van der Waals surface area contributed by atoms with Gasteiger partial charge in [0, 0.05) is 15.2 Å². The van der Waals surface area contributed by atoms with Crippen molar-refractivity contribution in [3.8, 4) is 18.1 Å². The second-order valence-corrected chi connectivity index (χ2v) is 5.06. The highest BCUT2D eigenvalue weighted by molar-refractivity contribution is 14.1. The van der Waals surface area contributed by atoms with Crippen molar-refractivity contribution < 1.29 is 4.74 Å². The molecule has 0 fully saturated rings. The van der Waals surface area contributed by atoms with Crippen LogP contribution in [0.25, 0.3) is 0 Å². The van der Waals surface area contributed by atoms with Crippen molar-refractivity contribution in [1.29, 1.82) is 0 Å². The summed E-state index contributed by atoms with van der Waals surface area (Å²) in [5.41, 5.74) is 1.24. The van der Waals surface area contributed by atoms with Gasteiger partial charge in [-0.2, -0.15) is 0 Å². The van der Waals surface area contributed by atoms with Crippen LogP contribution < -0.4 is 10.1 Å². The highest BCUT2D eigenvalue weighted by atomic mass is 127. The summed E-state index contributed by atoms with van der Waals surface area (Å²) in [4.78, 5) is 0. The first-order valence-corrected chi connectivity index (χ1v) is 6.48. The van der Waals surface area contributed by atoms with Crippen molar-refractivity contribution >= 4 is 22.6 Å². The number of terminal acetylenes is 1. The number of benzene rings is 1. The lowest BCUT2D eigenvalue weighted by atomic mass is 10.0. The molecule has 0 saturated carbocycles. The molecule has 1 aromatic rings. The molecule has 2 rings (SSSR count). The van der Waals surface area contributed by atoms with E-state index in [2.05, 4.69) is 46.0 Å². The summed E-state index contributed by atoms with van der Waals surface area (Å²) in [5.74, 6) is 3.62. The highest BCUT2D eigenvalue weighted by Gasteiger charge is 2.19. The molecular formula is C13H14INO. The normalized spacial score (nSPS) is 19.1. The Balaban J connectivity index is 2.28. The topological polar surface area (TPSA) is 21.3 Å². The van der Waals surface area contributed by atoms with E-state index in [1.807, 2.05) is 6.07 Å². The van der Waals surface area contributed by atoms with Crippen LogP contribution in [0.5, 0.6) is 5.75 Å². The van der Waals surface area contributed by atoms with E-state index in [-0.39, 0.29) is 0 Å². The minimum atomic E-state index is 0.322. The highest BCUT2D eigenvalue weighted by Crippen LogP contribution is 2.32. The second-order valence-electron chi connectivity index (χ2n) is 3.81. The molecule has 1 heterocycles. The Labute approximate surface area is 110 Å². The molecule has 3 heteroatoms. The smallest absolute Gasteiger partial charge is 0.124 e. The third kappa shape index (κ3) is 2.69. The Morgan fingerprint density at radius 2 is 2.44 bits per heavy atom. The molecule has 0 aliphatic carbocycles. The predicted octanol–water partition coefficient (Wildman–Crippen LogP) is 2.73. The van der Waals surface area contributed by atoms with Crippen molar-refractivity contribution in [2.24, 2.45) is 0 Å². The first kappa shape index (κ1) is 11.7. The predicted molar refractivity (Wildman–Crippen MR) is 73.5 cm³/mol. The van der Waals surface area contributed by atoms with E-state index < -0.39 is 0 Å². The molecule has 1 atom stereocenters. The fraction of sp³-hybridized carbons (Fsp3) is 0.385. The van der Waals surface area contributed by atoms with Gasteiger partial charge >= 0.3 is 0 Å². The lowest BCUT2D eigenvalue weighted by molar-refractivity contribution is 0.315. The summed E-state index contributed by atoms with van der Waals surface area (Å²) in [6.07, 6.45) is 7.43. The average molecular weight is 327 g/mol. The fourth-order valence-corrected chi connectivity index (χ4v) is 2.46. The van der Waals surface area contributed by atoms with Gasteiger partial charge in [0.1, 0.15) is 5.75 Å². The van der Waals surface area contributed by atoms with Crippen LogP contribution in [0, 0.1) is 15.9 Å². The van der Waals surface area contributed by atoms with Gasteiger partial charge in [0.15, 0.2) is 0 Å². The molecule has 16 heavy (non-hydrogen) atoms. The number of ether oxygens (including phenoxy) is 1. The minimum Gasteiger partial charge on any atom is -0.493 e. The maximum absolute atomic E-state index is 5.72. The summed E-state index contributed by atoms with van der Waals surface area (Å²) in [6.45, 7) is 1.40. The molecule has 1 aliphatic heterocycles. The molecule has 1 aliphatic rings. The fourth-order valence-electron chi connectivity index (χ4n) is 1.94. The van der Waals surface area contributed by atoms with Gasteiger partial charge in [0.25, 0.3) is 0 Å². The monoisotopic (exact) mass is 327 g/mol. The second kappa shape index (κ2) is 5.55. The molecule has 0 spiro atoms. The van der Waals surface area contributed by atoms with E-state index in [1.165, 1.54) is 9.13 Å². The van der Waals surface area contributed by atoms with Gasteiger partial charge in [-0.15, -0.1) is 6.42 Å². The number of halogens is 1. The lowest BCUT2D eigenvalue weighted by Crippen LogP contribution is -2.21. The Kier molecular flexibility index (Phi) is 4.08. The van der Waals surface area contributed by atoms with Crippen molar-refractivity contribution in [2.75, 3.05) is 13.2 Å². The molecule has 84 valence electrons. The number of nitrogens with one attached hydrogen (secondary N) is 1. The summed E-state index contributed by atoms with van der Waals surface area (Å²) < 4.78 is 6.95. The Morgan fingerprint density at radius 1 is 1.56 bits per heavy atom. The molecule has 0 amide bonds. The third-order valence-corrected chi connectivity index (χ3v) is 3.36. The van der Waals surface area contributed by atoms with Gasteiger partial charge in [-0.1, -0.05) is 5.92 Å². The first-order valence-electron chi connectivity index (χ1n) is 5.40. The van der Waals surface area contributed by atoms with Gasteiger partial charge in [0.05, 0.1) is 13.2 Å². The van der Waals surface area contributed by atoms with Crippen LogP contribution in [0.3, 0.4) is 0 Å². The van der Waals surface area contributed by atoms with Crippen LogP contribution in [0.15, 0.2) is 18.2 Å². The zero-order chi connectivity index (χ0) is 11.4. The van der Waals surface area contributed by atoms with Crippen LogP contribution in [0.2, 0.25) is 0 Å². The van der Waals surface area contributed by atoms with Gasteiger partial charge in [-0.05, 0) is 53.6 Å². The van der Waals surface area contributed by atoms with E-state index in [1.54, 1.807) is 0 Å². The lowest BCUT2D eigenvalue weighted by Gasteiger charge is -2.17. The zero-order valence-electron chi connectivity index (χ0n) is 9.00. The summed E-state index contributed by atoms with van der Waals surface area (Å²) in [5, 5.41) is 3.38. The van der Waals surface area contributed by atoms with E-state index >= 15 is 0 Å². The molecule has 2 nitrogen and oxygen atoms in total. The van der Waals surface area contributed by atoms with Gasteiger partial charge < -0.3 is 4.74 Å². The van der Waals surface area contributed by atoms with Crippen molar-refractivity contribution in [1.82, 2.24) is 5.32 Å². The Morgan fingerprint density at radius 3 is 3.25 bits per heavy atom. The van der Waals surface area contributed by atoms with Crippen molar-refractivity contribution in [3.05, 3.63) is 27.3 Å². The molecule has 0 radical (unpaired) electrons. The molecule has 1 aromatic carbocycles. The van der Waals surface area contributed by atoms with Gasteiger partial charge in [-0.3, -0.25) is 5.32 Å². The quantitative estimate of drug-likeness (QED) is 0.666. The molecular weight excluding hydrogens is 313 g/mol. The van der Waals surface area contributed by atoms with E-state index in [9.17, 15) is 0 Å². The molecule has 0 aromatic heterocycles. The zero-order valence-corrected chi connectivity index (χ0v) is 11.2. The third-order valence-electron chi connectivity index (χ3n) is 2.69. The largest absolute Gasteiger partial charge is 0.493 e. The van der Waals surface area contributed by atoms with Crippen LogP contribution in [-0.2, 0) is 0 Å². The van der Waals surface area contributed by atoms with Crippen molar-refractivity contribution in [3.63, 3.8) is 0 Å². The minimum absolute atomic E-state index is 0.322. The van der Waals surface area contributed by atoms with Crippen molar-refractivity contribution in [2.45, 2.75) is 18.9 Å². The Hall–Kier alpha value is -0.730. The van der Waals surface area contributed by atoms with Gasteiger partial charge in [-0.25, -0.2) is 0 Å². The van der Waals surface area contributed by atoms with Crippen LogP contribution >= 0.6 is 22.6 Å². The SMILES string of the molecule is C#CCNC1CCCOc2ccc(I)cc21. The maximum Gasteiger partial charge on any atom is 0.124 e. The van der Waals surface area contributed by atoms with E-state index in [0.29, 0.717) is 12.6 Å². The number of rotatable bonds is 2. The standard InChI is InChI=1S/C13H14INO/c1-2-7-15-12-4-3-8-16-13-6-5-10(14)9-11(12)13/h1,5-6,9,12,15H,3-4,7-8H2. The first-order chi connectivity index (χ1) is 7.81. The van der Waals surface area contributed by atoms with Gasteiger partial charge in [0.2, 0.25) is 0 Å². The number of hydrogen-bond acceptors (Lipinski definition) is 2. The van der Waals surface area contributed by atoms with Crippen LogP contribution in [0.4, 0.5) is 0 Å².